The van der Waals surface area contributed by atoms with E-state index in [4.69, 9.17) is 0 Å². The van der Waals surface area contributed by atoms with Crippen molar-refractivity contribution in [2.24, 2.45) is 5.92 Å². The average molecular weight is 407 g/mol. The van der Waals surface area contributed by atoms with Gasteiger partial charge in [0.2, 0.25) is 0 Å². The summed E-state index contributed by atoms with van der Waals surface area (Å²) in [6.45, 7) is 5.99. The summed E-state index contributed by atoms with van der Waals surface area (Å²) in [5, 5.41) is 11.5. The molecular formula is C22H27FO4S. The third-order valence-corrected chi connectivity index (χ3v) is 6.81. The molecule has 0 bridgehead atoms. The summed E-state index contributed by atoms with van der Waals surface area (Å²) in [6.07, 6.45) is 2.09. The topological polar surface area (TPSA) is 74.6 Å². The van der Waals surface area contributed by atoms with Gasteiger partial charge in [-0.2, -0.15) is 8.42 Å². The summed E-state index contributed by atoms with van der Waals surface area (Å²) < 4.78 is 45.8. The Hall–Kier alpha value is -1.76. The molecule has 0 aromatic heterocycles. The lowest BCUT2D eigenvalue weighted by molar-refractivity contribution is -0.0244. The van der Waals surface area contributed by atoms with Gasteiger partial charge < -0.3 is 5.11 Å². The van der Waals surface area contributed by atoms with Crippen LogP contribution in [0.3, 0.4) is 0 Å². The number of halogens is 1. The highest BCUT2D eigenvalue weighted by molar-refractivity contribution is 7.85. The van der Waals surface area contributed by atoms with Crippen LogP contribution in [0.15, 0.2) is 41.3 Å². The summed E-state index contributed by atoms with van der Waals surface area (Å²) in [5.41, 5.74) is 2.69. The van der Waals surface area contributed by atoms with Gasteiger partial charge in [0.25, 0.3) is 10.1 Å². The molecule has 0 heterocycles. The molecule has 0 fully saturated rings. The van der Waals surface area contributed by atoms with Crippen LogP contribution in [0.25, 0.3) is 0 Å². The van der Waals surface area contributed by atoms with E-state index in [0.29, 0.717) is 25.7 Å². The number of hydrogen-bond donors (Lipinski definition) is 2. The first-order chi connectivity index (χ1) is 13.0. The molecule has 152 valence electrons. The molecule has 28 heavy (non-hydrogen) atoms. The van der Waals surface area contributed by atoms with E-state index in [-0.39, 0.29) is 22.5 Å². The average Bonchev–Trinajstić information content (AvgIpc) is 2.60. The van der Waals surface area contributed by atoms with Crippen molar-refractivity contribution in [3.05, 3.63) is 64.5 Å². The molecule has 0 saturated heterocycles. The smallest absolute Gasteiger partial charge is 0.294 e. The van der Waals surface area contributed by atoms with Crippen LogP contribution >= 0.6 is 0 Å². The maximum atomic E-state index is 13.6. The Balaban J connectivity index is 1.90. The summed E-state index contributed by atoms with van der Waals surface area (Å²) in [6, 6.07) is 9.31. The fraction of sp³-hybridized carbons (Fsp3) is 0.455. The van der Waals surface area contributed by atoms with E-state index < -0.39 is 15.7 Å². The molecule has 4 nitrogen and oxygen atoms in total. The number of aryl methyl sites for hydroxylation is 3. The number of benzene rings is 2. The van der Waals surface area contributed by atoms with Crippen LogP contribution in [0.2, 0.25) is 0 Å². The highest BCUT2D eigenvalue weighted by Crippen LogP contribution is 2.46. The van der Waals surface area contributed by atoms with E-state index in [1.165, 1.54) is 18.2 Å². The molecule has 0 unspecified atom stereocenters. The Bertz CT molecular complexity index is 984. The van der Waals surface area contributed by atoms with E-state index in [1.54, 1.807) is 18.2 Å². The van der Waals surface area contributed by atoms with E-state index in [1.807, 2.05) is 6.92 Å². The maximum absolute atomic E-state index is 13.6. The van der Waals surface area contributed by atoms with Crippen molar-refractivity contribution in [2.75, 3.05) is 0 Å². The lowest BCUT2D eigenvalue weighted by atomic mass is 9.65. The molecule has 0 saturated carbocycles. The molecule has 2 atom stereocenters. The molecule has 0 amide bonds. The monoisotopic (exact) mass is 406 g/mol. The lowest BCUT2D eigenvalue weighted by Crippen LogP contribution is -2.43. The summed E-state index contributed by atoms with van der Waals surface area (Å²) in [4.78, 5) is -0.134. The number of rotatable bonds is 5. The Labute approximate surface area is 166 Å². The normalized spacial score (nSPS) is 22.3. The Morgan fingerprint density at radius 1 is 1.21 bits per heavy atom. The van der Waals surface area contributed by atoms with E-state index >= 15 is 0 Å². The third kappa shape index (κ3) is 4.14. The van der Waals surface area contributed by atoms with Crippen LogP contribution in [0.1, 0.15) is 54.9 Å². The van der Waals surface area contributed by atoms with Crippen molar-refractivity contribution in [3.8, 4) is 0 Å². The predicted molar refractivity (Wildman–Crippen MR) is 107 cm³/mol. The summed E-state index contributed by atoms with van der Waals surface area (Å²) in [7, 11) is -4.27. The molecule has 1 aliphatic carbocycles. The SMILES string of the molecule is Cc1ccc(S(=O)(=O)O)cc1CC[C@]1(O)CCc2cc(F)ccc2[C@@H]1C(C)C. The first kappa shape index (κ1) is 21.0. The molecule has 2 N–H and O–H groups in total. The minimum atomic E-state index is -4.27. The first-order valence-corrected chi connectivity index (χ1v) is 11.0. The Kier molecular flexibility index (Phi) is 5.67. The Morgan fingerprint density at radius 3 is 2.57 bits per heavy atom. The molecule has 2 aromatic rings. The molecule has 6 heteroatoms. The minimum Gasteiger partial charge on any atom is -0.389 e. The van der Waals surface area contributed by atoms with Crippen molar-refractivity contribution in [2.45, 2.75) is 62.9 Å². The van der Waals surface area contributed by atoms with Crippen molar-refractivity contribution >= 4 is 10.1 Å². The van der Waals surface area contributed by atoms with Crippen molar-refractivity contribution in [1.82, 2.24) is 0 Å². The van der Waals surface area contributed by atoms with Gasteiger partial charge in [-0.1, -0.05) is 26.0 Å². The molecule has 0 spiro atoms. The Morgan fingerprint density at radius 2 is 1.93 bits per heavy atom. The van der Waals surface area contributed by atoms with Crippen molar-refractivity contribution in [3.63, 3.8) is 0 Å². The highest BCUT2D eigenvalue weighted by atomic mass is 32.2. The van der Waals surface area contributed by atoms with Crippen LogP contribution in [0, 0.1) is 18.7 Å². The maximum Gasteiger partial charge on any atom is 0.294 e. The van der Waals surface area contributed by atoms with Crippen LogP contribution in [-0.4, -0.2) is 23.7 Å². The van der Waals surface area contributed by atoms with Crippen LogP contribution < -0.4 is 0 Å². The van der Waals surface area contributed by atoms with Gasteiger partial charge in [0, 0.05) is 5.92 Å². The van der Waals surface area contributed by atoms with Gasteiger partial charge in [-0.05, 0) is 85.0 Å². The van der Waals surface area contributed by atoms with Gasteiger partial charge in [-0.15, -0.1) is 0 Å². The van der Waals surface area contributed by atoms with Crippen LogP contribution in [0.5, 0.6) is 0 Å². The molecule has 0 radical (unpaired) electrons. The number of hydrogen-bond acceptors (Lipinski definition) is 3. The minimum absolute atomic E-state index is 0.123. The van der Waals surface area contributed by atoms with Gasteiger partial charge >= 0.3 is 0 Å². The van der Waals surface area contributed by atoms with Gasteiger partial charge in [0.15, 0.2) is 0 Å². The third-order valence-electron chi connectivity index (χ3n) is 5.96. The summed E-state index contributed by atoms with van der Waals surface area (Å²) in [5.74, 6) is -0.217. The quantitative estimate of drug-likeness (QED) is 0.721. The molecule has 1 aliphatic rings. The van der Waals surface area contributed by atoms with Gasteiger partial charge in [-0.25, -0.2) is 4.39 Å². The van der Waals surface area contributed by atoms with E-state index in [2.05, 4.69) is 13.8 Å². The van der Waals surface area contributed by atoms with Crippen molar-refractivity contribution in [1.29, 1.82) is 0 Å². The van der Waals surface area contributed by atoms with Crippen LogP contribution in [-0.2, 0) is 23.0 Å². The van der Waals surface area contributed by atoms with Gasteiger partial charge in [-0.3, -0.25) is 4.55 Å². The predicted octanol–water partition coefficient (Wildman–Crippen LogP) is 4.43. The lowest BCUT2D eigenvalue weighted by Gasteiger charge is -2.44. The highest BCUT2D eigenvalue weighted by Gasteiger charge is 2.43. The second kappa shape index (κ2) is 7.58. The molecule has 0 aliphatic heterocycles. The van der Waals surface area contributed by atoms with Gasteiger partial charge in [0.05, 0.1) is 10.5 Å². The fourth-order valence-electron chi connectivity index (χ4n) is 4.58. The number of aliphatic hydroxyl groups is 1. The summed E-state index contributed by atoms with van der Waals surface area (Å²) >= 11 is 0. The van der Waals surface area contributed by atoms with Crippen LogP contribution in [0.4, 0.5) is 4.39 Å². The number of fused-ring (bicyclic) bond motifs is 1. The second-order valence-corrected chi connectivity index (χ2v) is 9.65. The second-order valence-electron chi connectivity index (χ2n) is 8.23. The zero-order valence-corrected chi connectivity index (χ0v) is 17.3. The molecular weight excluding hydrogens is 379 g/mol. The van der Waals surface area contributed by atoms with Crippen molar-refractivity contribution < 1.29 is 22.5 Å². The van der Waals surface area contributed by atoms with Gasteiger partial charge in [0.1, 0.15) is 5.82 Å². The molecule has 3 rings (SSSR count). The van der Waals surface area contributed by atoms with E-state index in [0.717, 1.165) is 22.3 Å². The van der Waals surface area contributed by atoms with E-state index in [9.17, 15) is 22.5 Å². The largest absolute Gasteiger partial charge is 0.389 e. The standard InChI is InChI=1S/C22H27FO4S/c1-14(2)21-20-7-5-18(23)12-17(20)9-11-22(21,24)10-8-16-13-19(28(25,26)27)6-4-15(16)3/h4-7,12-14,21,24H,8-11H2,1-3H3,(H,25,26,27)/t21-,22-/m0/s1. The zero-order valence-electron chi connectivity index (χ0n) is 16.4. The zero-order chi connectivity index (χ0) is 20.7. The fourth-order valence-corrected chi connectivity index (χ4v) is 5.11. The molecule has 2 aromatic carbocycles. The first-order valence-electron chi connectivity index (χ1n) is 9.59.